The number of benzene rings is 2. The van der Waals surface area contributed by atoms with Gasteiger partial charge < -0.3 is 45.0 Å². The van der Waals surface area contributed by atoms with Crippen LogP contribution in [0.2, 0.25) is 0 Å². The molecule has 6 amide bonds. The van der Waals surface area contributed by atoms with Crippen molar-refractivity contribution in [2.24, 2.45) is 5.92 Å². The van der Waals surface area contributed by atoms with Crippen molar-refractivity contribution in [3.63, 3.8) is 0 Å². The first-order valence-corrected chi connectivity index (χ1v) is 25.1. The van der Waals surface area contributed by atoms with Crippen LogP contribution in [0.15, 0.2) is 60.7 Å². The minimum atomic E-state index is -5.10. The number of rotatable bonds is 25. The molecule has 15 nitrogen and oxygen atoms in total. The van der Waals surface area contributed by atoms with E-state index in [9.17, 15) is 41.9 Å². The molecule has 2 aromatic rings. The van der Waals surface area contributed by atoms with E-state index in [4.69, 9.17) is 9.47 Å². The Kier molecular flexibility index (Phi) is 24.0. The lowest BCUT2D eigenvalue weighted by atomic mass is 10.1. The normalized spacial score (nSPS) is 18.0. The van der Waals surface area contributed by atoms with Crippen molar-refractivity contribution in [3.05, 3.63) is 71.8 Å². The zero-order valence-electron chi connectivity index (χ0n) is 42.9. The number of carbonyl (C=O) groups is 6. The Labute approximate surface area is 423 Å². The third kappa shape index (κ3) is 18.3. The van der Waals surface area contributed by atoms with Gasteiger partial charge in [0, 0.05) is 64.2 Å². The molecule has 0 unspecified atom stereocenters. The van der Waals surface area contributed by atoms with Gasteiger partial charge >= 0.3 is 12.1 Å². The van der Waals surface area contributed by atoms with Crippen LogP contribution in [0.25, 0.3) is 0 Å². The van der Waals surface area contributed by atoms with Crippen molar-refractivity contribution >= 4 is 35.4 Å². The number of amides is 6. The monoisotopic (exact) mass is 1010 g/mol. The SMILES string of the molecule is CC[C@@H](C)C(=O)N[C@H](C(=O)N1CCC[C@H]1CN(CCc1ccccc1)C(C)=O)[C@@H](C)OCC#CC#CCO[C@H](C)[C@H](NC(=O)[C@H](C)NC)C(=O)N1CCC[C@H]1CN(CCCc1ccccc1)C(=O)C(F)(F)F. The van der Waals surface area contributed by atoms with Crippen LogP contribution in [0.4, 0.5) is 13.2 Å². The summed E-state index contributed by atoms with van der Waals surface area (Å²) < 4.78 is 53.4. The number of likely N-dealkylation sites (tertiary alicyclic amines) is 2. The van der Waals surface area contributed by atoms with Crippen LogP contribution in [-0.2, 0) is 51.1 Å². The quantitative estimate of drug-likeness (QED) is 0.121. The first-order valence-electron chi connectivity index (χ1n) is 25.1. The van der Waals surface area contributed by atoms with Crippen LogP contribution >= 0.6 is 0 Å². The van der Waals surface area contributed by atoms with Gasteiger partial charge in [-0.15, -0.1) is 0 Å². The fourth-order valence-electron chi connectivity index (χ4n) is 8.71. The topological polar surface area (TPSA) is 170 Å². The number of nitrogens with one attached hydrogen (secondary N) is 3. The summed E-state index contributed by atoms with van der Waals surface area (Å²) in [4.78, 5) is 85.8. The summed E-state index contributed by atoms with van der Waals surface area (Å²) in [6.45, 7) is 10.8. The van der Waals surface area contributed by atoms with Crippen molar-refractivity contribution in [1.29, 1.82) is 0 Å². The Morgan fingerprint density at radius 1 is 0.708 bits per heavy atom. The molecule has 2 fully saturated rings. The zero-order valence-corrected chi connectivity index (χ0v) is 42.9. The predicted octanol–water partition coefficient (Wildman–Crippen LogP) is 4.52. The number of halogens is 3. The van der Waals surface area contributed by atoms with Crippen LogP contribution < -0.4 is 16.0 Å². The molecule has 2 aromatic carbocycles. The molecule has 0 radical (unpaired) electrons. The van der Waals surface area contributed by atoms with Crippen LogP contribution in [-0.4, -0.2) is 163 Å². The fourth-order valence-corrected chi connectivity index (χ4v) is 8.71. The van der Waals surface area contributed by atoms with E-state index in [0.717, 1.165) is 22.4 Å². The van der Waals surface area contributed by atoms with E-state index >= 15 is 0 Å². The second-order valence-corrected chi connectivity index (χ2v) is 18.6. The number of hydrogen-bond donors (Lipinski definition) is 3. The van der Waals surface area contributed by atoms with E-state index in [1.54, 1.807) is 44.5 Å². The molecule has 0 spiro atoms. The van der Waals surface area contributed by atoms with Gasteiger partial charge in [0.15, 0.2) is 0 Å². The minimum Gasteiger partial charge on any atom is -0.363 e. The highest BCUT2D eigenvalue weighted by atomic mass is 19.4. The van der Waals surface area contributed by atoms with Crippen molar-refractivity contribution in [2.45, 2.75) is 142 Å². The van der Waals surface area contributed by atoms with Crippen molar-refractivity contribution in [2.75, 3.05) is 59.5 Å². The highest BCUT2D eigenvalue weighted by Gasteiger charge is 2.45. The van der Waals surface area contributed by atoms with E-state index in [0.29, 0.717) is 58.2 Å². The molecule has 18 heteroatoms. The maximum Gasteiger partial charge on any atom is 0.471 e. The van der Waals surface area contributed by atoms with Gasteiger partial charge in [0.1, 0.15) is 25.3 Å². The Morgan fingerprint density at radius 2 is 1.18 bits per heavy atom. The molecule has 2 saturated heterocycles. The summed E-state index contributed by atoms with van der Waals surface area (Å²) in [6, 6.07) is 15.2. The molecule has 0 bridgehead atoms. The minimum absolute atomic E-state index is 0.0820. The van der Waals surface area contributed by atoms with Gasteiger partial charge in [0.05, 0.1) is 18.2 Å². The average Bonchev–Trinajstić information content (AvgIpc) is 4.05. The van der Waals surface area contributed by atoms with Gasteiger partial charge in [0.2, 0.25) is 29.5 Å². The molecule has 0 aliphatic carbocycles. The lowest BCUT2D eigenvalue weighted by Crippen LogP contribution is -2.59. The van der Waals surface area contributed by atoms with Crippen LogP contribution in [0.1, 0.15) is 91.2 Å². The maximum absolute atomic E-state index is 14.3. The number of aryl methyl sites for hydroxylation is 1. The Bertz CT molecular complexity index is 2210. The third-order valence-corrected chi connectivity index (χ3v) is 13.4. The standard InChI is InChI=1S/C54H74F3N7O8/c1-8-38(2)49(66)59-47(51(68)63-31-20-27-45(63)36-61(42(6)65)33-29-44-24-15-12-16-25-44)40(4)71-34-17-9-10-18-35-72-41(5)48(60-50(67)39(3)58-7)52(69)64-32-21-28-46(64)37-62(53(70)54(55,56)57)30-19-26-43-22-13-11-14-23-43/h11-16,22-25,38-41,45-48,58H,8,19-21,26-37H2,1-7H3,(H,59,66)(H,60,67)/t38-,39+,40-,41-,45+,46+,47+,48+/m1/s1. The number of ether oxygens (including phenoxy) is 2. The number of hydrogen-bond acceptors (Lipinski definition) is 9. The summed E-state index contributed by atoms with van der Waals surface area (Å²) in [5.41, 5.74) is 2.03. The van der Waals surface area contributed by atoms with E-state index < -0.39 is 60.3 Å². The molecule has 0 aromatic heterocycles. The maximum atomic E-state index is 14.3. The second kappa shape index (κ2) is 29.5. The molecule has 72 heavy (non-hydrogen) atoms. The zero-order chi connectivity index (χ0) is 52.8. The summed E-state index contributed by atoms with van der Waals surface area (Å²) in [6.07, 6.45) is -2.50. The lowest BCUT2D eigenvalue weighted by Gasteiger charge is -2.35. The summed E-state index contributed by atoms with van der Waals surface area (Å²) in [7, 11) is 1.58. The van der Waals surface area contributed by atoms with E-state index in [2.05, 4.69) is 39.6 Å². The largest absolute Gasteiger partial charge is 0.471 e. The number of alkyl halides is 3. The van der Waals surface area contributed by atoms with Gasteiger partial charge in [-0.1, -0.05) is 86.4 Å². The summed E-state index contributed by atoms with van der Waals surface area (Å²) in [5, 5.41) is 8.48. The molecule has 8 atom stereocenters. The second-order valence-electron chi connectivity index (χ2n) is 18.6. The Balaban J connectivity index is 1.38. The molecule has 2 aliphatic heterocycles. The fraction of sp³-hybridized carbons (Fsp3) is 0.593. The van der Waals surface area contributed by atoms with Crippen LogP contribution in [0.3, 0.4) is 0 Å². The van der Waals surface area contributed by atoms with E-state index in [-0.39, 0.29) is 69.0 Å². The first kappa shape index (κ1) is 58.6. The molecule has 4 rings (SSSR count). The van der Waals surface area contributed by atoms with Gasteiger partial charge in [-0.25, -0.2) is 0 Å². The molecular weight excluding hydrogens is 932 g/mol. The van der Waals surface area contributed by atoms with Gasteiger partial charge in [0.25, 0.3) is 0 Å². The van der Waals surface area contributed by atoms with Gasteiger partial charge in [-0.2, -0.15) is 13.2 Å². The Morgan fingerprint density at radius 3 is 1.64 bits per heavy atom. The van der Waals surface area contributed by atoms with Gasteiger partial charge in [-0.3, -0.25) is 28.8 Å². The average molecular weight is 1010 g/mol. The van der Waals surface area contributed by atoms with Crippen molar-refractivity contribution in [1.82, 2.24) is 35.6 Å². The van der Waals surface area contributed by atoms with Crippen molar-refractivity contribution in [3.8, 4) is 23.7 Å². The molecule has 394 valence electrons. The molecule has 3 N–H and O–H groups in total. The predicted molar refractivity (Wildman–Crippen MR) is 267 cm³/mol. The number of nitrogens with zero attached hydrogens (tertiary/aromatic N) is 4. The smallest absolute Gasteiger partial charge is 0.363 e. The summed E-state index contributed by atoms with van der Waals surface area (Å²) >= 11 is 0. The lowest BCUT2D eigenvalue weighted by molar-refractivity contribution is -0.186. The molecule has 2 heterocycles. The van der Waals surface area contributed by atoms with Crippen molar-refractivity contribution < 1.29 is 51.4 Å². The van der Waals surface area contributed by atoms with E-state index in [1.165, 1.54) is 11.8 Å². The van der Waals surface area contributed by atoms with Crippen LogP contribution in [0, 0.1) is 29.6 Å². The molecule has 2 aliphatic rings. The first-order chi connectivity index (χ1) is 34.4. The van der Waals surface area contributed by atoms with Crippen LogP contribution in [0.5, 0.6) is 0 Å². The van der Waals surface area contributed by atoms with E-state index in [1.807, 2.05) is 67.6 Å². The highest BCUT2D eigenvalue weighted by molar-refractivity contribution is 5.91. The Hall–Kier alpha value is -5.95. The summed E-state index contributed by atoms with van der Waals surface area (Å²) in [5.74, 6) is 6.90. The number of carbonyl (C=O) groups excluding carboxylic acids is 6. The van der Waals surface area contributed by atoms with Gasteiger partial charge in [-0.05, 0) is 102 Å². The molecular formula is C54H74F3N7O8. The third-order valence-electron chi connectivity index (χ3n) is 13.4. The highest BCUT2D eigenvalue weighted by Crippen LogP contribution is 2.26. The molecule has 0 saturated carbocycles. The number of likely N-dealkylation sites (N-methyl/N-ethyl adjacent to an activating group) is 1.